The van der Waals surface area contributed by atoms with Gasteiger partial charge in [0.05, 0.1) is 25.4 Å². The van der Waals surface area contributed by atoms with Gasteiger partial charge in [-0.3, -0.25) is 9.69 Å². The number of alkyl halides is 1. The van der Waals surface area contributed by atoms with Crippen LogP contribution in [0.25, 0.3) is 0 Å². The average molecular weight is 462 g/mol. The van der Waals surface area contributed by atoms with Crippen molar-refractivity contribution in [2.24, 2.45) is 0 Å². The minimum Gasteiger partial charge on any atom is -0.466 e. The molecule has 0 saturated carbocycles. The van der Waals surface area contributed by atoms with E-state index >= 15 is 0 Å². The van der Waals surface area contributed by atoms with E-state index in [-0.39, 0.29) is 17.9 Å². The second-order valence-electron chi connectivity index (χ2n) is 7.65. The molecule has 1 aromatic rings. The van der Waals surface area contributed by atoms with Gasteiger partial charge in [0.2, 0.25) is 0 Å². The molecule has 2 fully saturated rings. The maximum atomic E-state index is 13.2. The number of hydrogen-bond acceptors (Lipinski definition) is 5. The highest BCUT2D eigenvalue weighted by Crippen LogP contribution is 2.49. The highest BCUT2D eigenvalue weighted by molar-refractivity contribution is 9.09. The number of carbonyl (C=O) groups is 2. The maximum Gasteiger partial charge on any atom is 0.333 e. The topological polar surface area (TPSA) is 55.8 Å². The van der Waals surface area contributed by atoms with Crippen molar-refractivity contribution >= 4 is 27.7 Å². The summed E-state index contributed by atoms with van der Waals surface area (Å²) in [7, 11) is 1.35. The van der Waals surface area contributed by atoms with Crippen molar-refractivity contribution in [3.8, 4) is 0 Å². The molecule has 0 amide bonds. The van der Waals surface area contributed by atoms with Gasteiger partial charge in [-0.15, -0.1) is 6.58 Å². The van der Waals surface area contributed by atoms with E-state index in [0.29, 0.717) is 37.0 Å². The zero-order chi connectivity index (χ0) is 21.0. The number of ether oxygens (including phenoxy) is 2. The molecule has 2 heterocycles. The number of nitrogens with zero attached hydrogens (tertiary/aromatic N) is 1. The Morgan fingerprint density at radius 1 is 1.38 bits per heavy atom. The Kier molecular flexibility index (Phi) is 7.09. The molecule has 29 heavy (non-hydrogen) atoms. The lowest BCUT2D eigenvalue weighted by molar-refractivity contribution is -0.137. The predicted octanol–water partition coefficient (Wildman–Crippen LogP) is 3.82. The molecule has 6 heteroatoms. The number of benzene rings is 1. The number of ketones is 1. The normalized spacial score (nSPS) is 28.3. The second kappa shape index (κ2) is 9.37. The first-order valence-corrected chi connectivity index (χ1v) is 11.0. The minimum atomic E-state index is -0.447. The van der Waals surface area contributed by atoms with Crippen LogP contribution < -0.4 is 0 Å². The van der Waals surface area contributed by atoms with Crippen molar-refractivity contribution in [2.45, 2.75) is 50.5 Å². The molecule has 2 aliphatic heterocycles. The first-order valence-electron chi connectivity index (χ1n) is 9.90. The van der Waals surface area contributed by atoms with E-state index in [0.717, 1.165) is 17.4 Å². The number of hydrogen-bond donors (Lipinski definition) is 0. The monoisotopic (exact) mass is 461 g/mol. The predicted molar refractivity (Wildman–Crippen MR) is 116 cm³/mol. The average Bonchev–Trinajstić information content (AvgIpc) is 2.92. The van der Waals surface area contributed by atoms with Crippen molar-refractivity contribution in [3.63, 3.8) is 0 Å². The molecule has 0 radical (unpaired) electrons. The van der Waals surface area contributed by atoms with Crippen molar-refractivity contribution in [2.75, 3.05) is 19.0 Å². The summed E-state index contributed by atoms with van der Waals surface area (Å²) < 4.78 is 11.3. The molecule has 0 aliphatic carbocycles. The number of Topliss-reactive ketones (excluding diaryl/α,β-unsaturated/α-hetero) is 1. The van der Waals surface area contributed by atoms with Gasteiger partial charge in [0.1, 0.15) is 0 Å². The zero-order valence-corrected chi connectivity index (χ0v) is 18.6. The van der Waals surface area contributed by atoms with Crippen molar-refractivity contribution < 1.29 is 19.1 Å². The molecule has 3 unspecified atom stereocenters. The van der Waals surface area contributed by atoms with Crippen LogP contribution in [0, 0.1) is 0 Å². The number of esters is 1. The third kappa shape index (κ3) is 4.11. The standard InChI is InChI=1S/C23H28BrNO4/c1-4-10-23-14-19(26)21(16(2)22(27)28-3)18(25(23)12-11-24)13-20(23)29-15-17-8-6-5-7-9-17/h4-9,18,20H,1,10-15H2,2-3H3/b21-16-. The van der Waals surface area contributed by atoms with Gasteiger partial charge in [-0.1, -0.05) is 52.3 Å². The highest BCUT2D eigenvalue weighted by Gasteiger charge is 2.59. The second-order valence-corrected chi connectivity index (χ2v) is 8.44. The van der Waals surface area contributed by atoms with Crippen LogP contribution in [0.5, 0.6) is 0 Å². The van der Waals surface area contributed by atoms with Crippen LogP contribution in [-0.4, -0.2) is 53.3 Å². The van der Waals surface area contributed by atoms with E-state index in [2.05, 4.69) is 27.4 Å². The molecule has 2 saturated heterocycles. The Hall–Kier alpha value is -1.76. The fraction of sp³-hybridized carbons (Fsp3) is 0.478. The number of piperidine rings is 1. The van der Waals surface area contributed by atoms with E-state index in [9.17, 15) is 9.59 Å². The van der Waals surface area contributed by atoms with E-state index in [4.69, 9.17) is 9.47 Å². The van der Waals surface area contributed by atoms with Crippen LogP contribution in [0.2, 0.25) is 0 Å². The van der Waals surface area contributed by atoms with E-state index in [1.165, 1.54) is 7.11 Å². The summed E-state index contributed by atoms with van der Waals surface area (Å²) in [5, 5.41) is 0.770. The Morgan fingerprint density at radius 3 is 2.72 bits per heavy atom. The summed E-state index contributed by atoms with van der Waals surface area (Å²) in [5.74, 6) is -0.437. The lowest BCUT2D eigenvalue weighted by atomic mass is 9.80. The molecule has 3 rings (SSSR count). The van der Waals surface area contributed by atoms with Gasteiger partial charge in [-0.25, -0.2) is 4.79 Å². The quantitative estimate of drug-likeness (QED) is 0.255. The number of rotatable bonds is 8. The minimum absolute atomic E-state index is 0.0105. The molecule has 3 atom stereocenters. The largest absolute Gasteiger partial charge is 0.466 e. The summed E-state index contributed by atoms with van der Waals surface area (Å²) in [6.45, 7) is 6.87. The Balaban J connectivity index is 1.98. The van der Waals surface area contributed by atoms with Crippen LogP contribution >= 0.6 is 15.9 Å². The van der Waals surface area contributed by atoms with Crippen LogP contribution in [0.15, 0.2) is 54.1 Å². The molecule has 1 aromatic carbocycles. The number of fused-ring (bicyclic) bond motifs is 2. The summed E-state index contributed by atoms with van der Waals surface area (Å²) in [4.78, 5) is 27.7. The number of methoxy groups -OCH3 is 1. The summed E-state index contributed by atoms with van der Waals surface area (Å²) in [6, 6.07) is 9.88. The lowest BCUT2D eigenvalue weighted by Gasteiger charge is -2.46. The fourth-order valence-electron chi connectivity index (χ4n) is 4.85. The molecule has 2 bridgehead atoms. The third-order valence-electron chi connectivity index (χ3n) is 6.10. The van der Waals surface area contributed by atoms with E-state index in [1.54, 1.807) is 6.92 Å². The first kappa shape index (κ1) is 21.9. The van der Waals surface area contributed by atoms with Crippen molar-refractivity contribution in [3.05, 3.63) is 59.7 Å². The van der Waals surface area contributed by atoms with Gasteiger partial charge in [-0.05, 0) is 25.3 Å². The Bertz CT molecular complexity index is 806. The number of halogens is 1. The summed E-state index contributed by atoms with van der Waals surface area (Å²) >= 11 is 3.55. The van der Waals surface area contributed by atoms with Crippen molar-refractivity contribution in [1.82, 2.24) is 4.90 Å². The molecule has 0 N–H and O–H groups in total. The molecule has 2 aliphatic rings. The van der Waals surface area contributed by atoms with Gasteiger partial charge in [0.25, 0.3) is 0 Å². The molecular weight excluding hydrogens is 434 g/mol. The number of carbonyl (C=O) groups excluding carboxylic acids is 2. The molecule has 156 valence electrons. The molecule has 0 spiro atoms. The lowest BCUT2D eigenvalue weighted by Crippen LogP contribution is -2.58. The molecule has 0 aromatic heterocycles. The SMILES string of the molecule is C=CCC12CC(=O)/C(=C(/C)C(=O)OC)C(CC1OCc1ccccc1)N2CCBr. The van der Waals surface area contributed by atoms with Gasteiger partial charge in [0, 0.05) is 35.5 Å². The maximum absolute atomic E-state index is 13.2. The Morgan fingerprint density at radius 2 is 2.10 bits per heavy atom. The Labute approximate surface area is 180 Å². The van der Waals surface area contributed by atoms with Crippen LogP contribution in [0.1, 0.15) is 31.7 Å². The van der Waals surface area contributed by atoms with E-state index in [1.807, 2.05) is 36.4 Å². The van der Waals surface area contributed by atoms with Crippen molar-refractivity contribution in [1.29, 1.82) is 0 Å². The van der Waals surface area contributed by atoms with Gasteiger partial charge >= 0.3 is 5.97 Å². The zero-order valence-electron chi connectivity index (χ0n) is 17.0. The van der Waals surface area contributed by atoms with Gasteiger partial charge in [-0.2, -0.15) is 0 Å². The molecule has 5 nitrogen and oxygen atoms in total. The van der Waals surface area contributed by atoms with Gasteiger partial charge in [0.15, 0.2) is 5.78 Å². The smallest absolute Gasteiger partial charge is 0.333 e. The summed E-state index contributed by atoms with van der Waals surface area (Å²) in [6.07, 6.45) is 3.38. The first-order chi connectivity index (χ1) is 14.0. The fourth-order valence-corrected chi connectivity index (χ4v) is 5.23. The van der Waals surface area contributed by atoms with Gasteiger partial charge < -0.3 is 9.47 Å². The highest BCUT2D eigenvalue weighted by atomic mass is 79.9. The molecular formula is C23H28BrNO4. The third-order valence-corrected chi connectivity index (χ3v) is 6.45. The van der Waals surface area contributed by atoms with Crippen LogP contribution in [0.4, 0.5) is 0 Å². The van der Waals surface area contributed by atoms with E-state index < -0.39 is 11.5 Å². The van der Waals surface area contributed by atoms with Crippen LogP contribution in [0.3, 0.4) is 0 Å². The summed E-state index contributed by atoms with van der Waals surface area (Å²) in [5.41, 5.74) is 1.63. The van der Waals surface area contributed by atoms with Crippen LogP contribution in [-0.2, 0) is 25.7 Å².